The Morgan fingerprint density at radius 2 is 2.36 bits per heavy atom. The fourth-order valence-corrected chi connectivity index (χ4v) is 1.00. The Hall–Kier alpha value is -1.76. The Bertz CT molecular complexity index is 400. The van der Waals surface area contributed by atoms with E-state index in [-0.39, 0.29) is 0 Å². The molecule has 0 aromatic carbocycles. The van der Waals surface area contributed by atoms with Gasteiger partial charge in [0.1, 0.15) is 11.0 Å². The summed E-state index contributed by atoms with van der Waals surface area (Å²) in [5.41, 5.74) is 0. The average molecular weight is 212 g/mol. The first-order valence-corrected chi connectivity index (χ1v) is 4.16. The van der Waals surface area contributed by atoms with Gasteiger partial charge in [-0.3, -0.25) is 4.98 Å². The van der Waals surface area contributed by atoms with E-state index in [0.717, 1.165) is 0 Å². The van der Waals surface area contributed by atoms with Gasteiger partial charge in [0.15, 0.2) is 5.82 Å². The maximum absolute atomic E-state index is 5.64. The summed E-state index contributed by atoms with van der Waals surface area (Å²) >= 11 is 5.64. The average Bonchev–Trinajstić information content (AvgIpc) is 2.67. The maximum atomic E-state index is 5.64. The van der Waals surface area contributed by atoms with Crippen molar-refractivity contribution in [3.05, 3.63) is 23.4 Å². The SMILES string of the molecule is Clc1cncc(NCc2nn[nH]n2)n1. The van der Waals surface area contributed by atoms with Crippen molar-refractivity contribution in [1.29, 1.82) is 0 Å². The van der Waals surface area contributed by atoms with Crippen LogP contribution in [-0.4, -0.2) is 30.6 Å². The molecule has 0 aliphatic rings. The molecule has 0 saturated carbocycles. The molecule has 0 aliphatic heterocycles. The molecule has 2 aromatic heterocycles. The number of H-pyrrole nitrogens is 1. The third-order valence-corrected chi connectivity index (χ3v) is 1.60. The van der Waals surface area contributed by atoms with Crippen molar-refractivity contribution < 1.29 is 0 Å². The summed E-state index contributed by atoms with van der Waals surface area (Å²) in [6.45, 7) is 0.422. The molecule has 8 heteroatoms. The molecule has 0 saturated heterocycles. The first-order valence-electron chi connectivity index (χ1n) is 3.78. The normalized spacial score (nSPS) is 10.1. The van der Waals surface area contributed by atoms with Crippen molar-refractivity contribution in [1.82, 2.24) is 30.6 Å². The van der Waals surface area contributed by atoms with Crippen LogP contribution in [0, 0.1) is 0 Å². The van der Waals surface area contributed by atoms with Crippen LogP contribution in [0.15, 0.2) is 12.4 Å². The van der Waals surface area contributed by atoms with Crippen molar-refractivity contribution in [2.24, 2.45) is 0 Å². The highest BCUT2D eigenvalue weighted by molar-refractivity contribution is 6.29. The number of tetrazole rings is 1. The molecule has 0 fully saturated rings. The van der Waals surface area contributed by atoms with Gasteiger partial charge in [0.2, 0.25) is 0 Å². The number of hydrogen-bond acceptors (Lipinski definition) is 6. The van der Waals surface area contributed by atoms with Gasteiger partial charge in [-0.2, -0.15) is 5.21 Å². The molecule has 0 bridgehead atoms. The molecule has 2 aromatic rings. The molecule has 2 rings (SSSR count). The Kier molecular flexibility index (Phi) is 2.50. The minimum Gasteiger partial charge on any atom is -0.361 e. The quantitative estimate of drug-likeness (QED) is 0.757. The second-order valence-corrected chi connectivity index (χ2v) is 2.80. The molecule has 2 N–H and O–H groups in total. The third kappa shape index (κ3) is 2.13. The van der Waals surface area contributed by atoms with Crippen LogP contribution in [-0.2, 0) is 6.54 Å². The monoisotopic (exact) mass is 211 g/mol. The van der Waals surface area contributed by atoms with Gasteiger partial charge in [0.25, 0.3) is 0 Å². The van der Waals surface area contributed by atoms with E-state index < -0.39 is 0 Å². The van der Waals surface area contributed by atoms with Gasteiger partial charge in [0.05, 0.1) is 18.9 Å². The fraction of sp³-hybridized carbons (Fsp3) is 0.167. The summed E-state index contributed by atoms with van der Waals surface area (Å²) in [7, 11) is 0. The first-order chi connectivity index (χ1) is 6.84. The molecule has 7 nitrogen and oxygen atoms in total. The van der Waals surface area contributed by atoms with Crippen LogP contribution in [0.3, 0.4) is 0 Å². The van der Waals surface area contributed by atoms with Crippen LogP contribution >= 0.6 is 11.6 Å². The van der Waals surface area contributed by atoms with Gasteiger partial charge in [-0.15, -0.1) is 10.2 Å². The number of aromatic amines is 1. The van der Waals surface area contributed by atoms with E-state index in [1.165, 1.54) is 6.20 Å². The number of nitrogens with zero attached hydrogens (tertiary/aromatic N) is 5. The summed E-state index contributed by atoms with van der Waals surface area (Å²) in [5, 5.41) is 16.6. The molecular formula is C6H6ClN7. The van der Waals surface area contributed by atoms with Crippen LogP contribution < -0.4 is 5.32 Å². The number of anilines is 1. The summed E-state index contributed by atoms with van der Waals surface area (Å²) in [4.78, 5) is 7.84. The zero-order chi connectivity index (χ0) is 9.80. The minimum absolute atomic E-state index is 0.336. The molecule has 72 valence electrons. The summed E-state index contributed by atoms with van der Waals surface area (Å²) < 4.78 is 0. The van der Waals surface area contributed by atoms with E-state index in [1.807, 2.05) is 0 Å². The zero-order valence-electron chi connectivity index (χ0n) is 6.98. The lowest BCUT2D eigenvalue weighted by molar-refractivity contribution is 0.881. The number of hydrogen-bond donors (Lipinski definition) is 2. The van der Waals surface area contributed by atoms with Gasteiger partial charge in [0, 0.05) is 0 Å². The first kappa shape index (κ1) is 8.82. The highest BCUT2D eigenvalue weighted by Crippen LogP contribution is 2.06. The Morgan fingerprint density at radius 3 is 3.07 bits per heavy atom. The Balaban J connectivity index is 1.98. The van der Waals surface area contributed by atoms with Crippen LogP contribution in [0.1, 0.15) is 5.82 Å². The number of halogens is 1. The lowest BCUT2D eigenvalue weighted by Crippen LogP contribution is -2.03. The van der Waals surface area contributed by atoms with E-state index in [9.17, 15) is 0 Å². The molecule has 0 radical (unpaired) electrons. The van der Waals surface area contributed by atoms with Crippen LogP contribution in [0.2, 0.25) is 5.15 Å². The highest BCUT2D eigenvalue weighted by Gasteiger charge is 1.99. The molecule has 0 unspecified atom stereocenters. The molecule has 0 amide bonds. The topological polar surface area (TPSA) is 92.3 Å². The van der Waals surface area contributed by atoms with Crippen molar-refractivity contribution >= 4 is 17.4 Å². The maximum Gasteiger partial charge on any atom is 0.193 e. The predicted octanol–water partition coefficient (Wildman–Crippen LogP) is 0.255. The van der Waals surface area contributed by atoms with Crippen LogP contribution in [0.25, 0.3) is 0 Å². The molecule has 14 heavy (non-hydrogen) atoms. The zero-order valence-corrected chi connectivity index (χ0v) is 7.73. The van der Waals surface area contributed by atoms with E-state index in [0.29, 0.717) is 23.3 Å². The Morgan fingerprint density at radius 1 is 1.43 bits per heavy atom. The van der Waals surface area contributed by atoms with E-state index >= 15 is 0 Å². The predicted molar refractivity (Wildman–Crippen MR) is 48.5 cm³/mol. The molecule has 0 aliphatic carbocycles. The fourth-order valence-electron chi connectivity index (χ4n) is 0.854. The lowest BCUT2D eigenvalue weighted by Gasteiger charge is -2.00. The lowest BCUT2D eigenvalue weighted by atomic mass is 10.5. The largest absolute Gasteiger partial charge is 0.361 e. The number of nitrogens with one attached hydrogen (secondary N) is 2. The molecule has 0 spiro atoms. The van der Waals surface area contributed by atoms with Crippen molar-refractivity contribution in [3.63, 3.8) is 0 Å². The minimum atomic E-state index is 0.336. The third-order valence-electron chi connectivity index (χ3n) is 1.42. The van der Waals surface area contributed by atoms with Crippen LogP contribution in [0.5, 0.6) is 0 Å². The number of aromatic nitrogens is 6. The standard InChI is InChI=1S/C6H6ClN7/c7-4-1-8-2-5(10-4)9-3-6-11-13-14-12-6/h1-2H,3H2,(H,9,10)(H,11,12,13,14). The van der Waals surface area contributed by atoms with E-state index in [2.05, 4.69) is 35.9 Å². The summed E-state index contributed by atoms with van der Waals surface area (Å²) in [5.74, 6) is 1.12. The highest BCUT2D eigenvalue weighted by atomic mass is 35.5. The van der Waals surface area contributed by atoms with Gasteiger partial charge < -0.3 is 5.32 Å². The molecular weight excluding hydrogens is 206 g/mol. The second-order valence-electron chi connectivity index (χ2n) is 2.41. The second kappa shape index (κ2) is 3.97. The van der Waals surface area contributed by atoms with Gasteiger partial charge in [-0.25, -0.2) is 4.98 Å². The van der Waals surface area contributed by atoms with E-state index in [4.69, 9.17) is 11.6 Å². The van der Waals surface area contributed by atoms with Crippen molar-refractivity contribution in [2.45, 2.75) is 6.54 Å². The van der Waals surface area contributed by atoms with Crippen LogP contribution in [0.4, 0.5) is 5.82 Å². The Labute approximate surface area is 83.9 Å². The van der Waals surface area contributed by atoms with Crippen molar-refractivity contribution in [3.8, 4) is 0 Å². The summed E-state index contributed by atoms with van der Waals surface area (Å²) in [6, 6.07) is 0. The molecule has 2 heterocycles. The van der Waals surface area contributed by atoms with Gasteiger partial charge in [-0.1, -0.05) is 16.8 Å². The van der Waals surface area contributed by atoms with Crippen molar-refractivity contribution in [2.75, 3.05) is 5.32 Å². The van der Waals surface area contributed by atoms with Gasteiger partial charge in [-0.05, 0) is 0 Å². The number of rotatable bonds is 3. The van der Waals surface area contributed by atoms with Gasteiger partial charge >= 0.3 is 0 Å². The summed E-state index contributed by atoms with van der Waals surface area (Å²) in [6.07, 6.45) is 3.02. The molecule has 0 atom stereocenters. The smallest absolute Gasteiger partial charge is 0.193 e. The van der Waals surface area contributed by atoms with E-state index in [1.54, 1.807) is 6.20 Å².